The topological polar surface area (TPSA) is 109 Å². The van der Waals surface area contributed by atoms with Gasteiger partial charge >= 0.3 is 5.97 Å². The van der Waals surface area contributed by atoms with E-state index in [1.807, 2.05) is 12.1 Å². The zero-order chi connectivity index (χ0) is 14.7. The first kappa shape index (κ1) is 14.3. The van der Waals surface area contributed by atoms with Crippen molar-refractivity contribution in [3.05, 3.63) is 40.1 Å². The number of aromatic nitrogens is 3. The van der Waals surface area contributed by atoms with Crippen LogP contribution in [0.3, 0.4) is 0 Å². The average Bonchev–Trinajstić information content (AvgIpc) is 2.72. The zero-order valence-electron chi connectivity index (χ0n) is 10.8. The van der Waals surface area contributed by atoms with Crippen LogP contribution in [0.15, 0.2) is 28.7 Å². The molecule has 4 N–H and O–H groups in total. The highest BCUT2D eigenvalue weighted by molar-refractivity contribution is 9.10. The monoisotopic (exact) mass is 339 g/mol. The maximum Gasteiger partial charge on any atom is 0.321 e. The van der Waals surface area contributed by atoms with Gasteiger partial charge in [0.25, 0.3) is 0 Å². The van der Waals surface area contributed by atoms with Gasteiger partial charge in [-0.1, -0.05) is 28.1 Å². The van der Waals surface area contributed by atoms with Gasteiger partial charge in [0.05, 0.1) is 6.61 Å². The first-order chi connectivity index (χ1) is 9.54. The van der Waals surface area contributed by atoms with Gasteiger partial charge in [0.2, 0.25) is 5.95 Å². The molecule has 0 saturated heterocycles. The van der Waals surface area contributed by atoms with Gasteiger partial charge in [0, 0.05) is 4.47 Å². The van der Waals surface area contributed by atoms with Gasteiger partial charge in [-0.15, -0.1) is 10.2 Å². The molecule has 8 heteroatoms. The smallest absolute Gasteiger partial charge is 0.321 e. The summed E-state index contributed by atoms with van der Waals surface area (Å²) in [6, 6.07) is 7.25. The fourth-order valence-electron chi connectivity index (χ4n) is 1.82. The Bertz CT molecular complexity index is 628. The van der Waals surface area contributed by atoms with E-state index in [4.69, 9.17) is 16.3 Å². The molecule has 7 nitrogen and oxygen atoms in total. The summed E-state index contributed by atoms with van der Waals surface area (Å²) in [5, 5.41) is 7.55. The van der Waals surface area contributed by atoms with Crippen LogP contribution in [0.25, 0.3) is 0 Å². The van der Waals surface area contributed by atoms with Gasteiger partial charge in [-0.25, -0.2) is 4.68 Å². The van der Waals surface area contributed by atoms with Crippen molar-refractivity contribution < 1.29 is 9.53 Å². The normalized spacial score (nSPS) is 12.1. The number of anilines is 1. The Morgan fingerprint density at radius 3 is 2.80 bits per heavy atom. The van der Waals surface area contributed by atoms with E-state index in [0.29, 0.717) is 5.56 Å². The molecule has 1 unspecified atom stereocenters. The van der Waals surface area contributed by atoms with Gasteiger partial charge < -0.3 is 16.3 Å². The molecule has 20 heavy (non-hydrogen) atoms. The molecule has 1 aromatic carbocycles. The zero-order valence-corrected chi connectivity index (χ0v) is 12.4. The Hall–Kier alpha value is -2.09. The second kappa shape index (κ2) is 5.91. The Kier molecular flexibility index (Phi) is 4.23. The van der Waals surface area contributed by atoms with Gasteiger partial charge in [-0.2, -0.15) is 0 Å². The largest absolute Gasteiger partial charge is 0.465 e. The van der Waals surface area contributed by atoms with Crippen LogP contribution in [-0.4, -0.2) is 27.4 Å². The molecule has 1 atom stereocenters. The fourth-order valence-corrected chi connectivity index (χ4v) is 2.23. The van der Waals surface area contributed by atoms with E-state index in [1.165, 1.54) is 0 Å². The van der Waals surface area contributed by atoms with Crippen LogP contribution in [0.2, 0.25) is 0 Å². The Morgan fingerprint density at radius 1 is 1.50 bits per heavy atom. The molecule has 1 aromatic heterocycles. The minimum absolute atomic E-state index is 0.0318. The summed E-state index contributed by atoms with van der Waals surface area (Å²) in [6.45, 7) is 1.99. The third kappa shape index (κ3) is 2.74. The molecule has 1 heterocycles. The van der Waals surface area contributed by atoms with Gasteiger partial charge in [0.15, 0.2) is 5.82 Å². The van der Waals surface area contributed by atoms with Crippen molar-refractivity contribution in [2.75, 3.05) is 18.2 Å². The van der Waals surface area contributed by atoms with E-state index in [0.717, 1.165) is 9.15 Å². The molecule has 2 rings (SSSR count). The molecule has 0 radical (unpaired) electrons. The van der Waals surface area contributed by atoms with Crippen LogP contribution in [0.4, 0.5) is 5.95 Å². The molecule has 0 aliphatic carbocycles. The lowest BCUT2D eigenvalue weighted by molar-refractivity contribution is -0.144. The summed E-state index contributed by atoms with van der Waals surface area (Å²) in [6.07, 6.45) is 0. The summed E-state index contributed by atoms with van der Waals surface area (Å²) in [5.74, 6) is 4.80. The summed E-state index contributed by atoms with van der Waals surface area (Å²) >= 11 is 3.36. The third-order valence-corrected chi connectivity index (χ3v) is 3.20. The Morgan fingerprint density at radius 2 is 2.25 bits per heavy atom. The minimum atomic E-state index is -0.776. The molecule has 0 amide bonds. The molecule has 0 bridgehead atoms. The Balaban J connectivity index is 2.50. The standard InChI is InChI=1S/C12H14BrN5O2/c1-2-20-11(19)9(7-4-3-5-8(13)6-7)10-16-17-12(14)18(10)15/h3-6,9H,2,15H2,1H3,(H2,14,17). The molecule has 2 aromatic rings. The number of hydrogen-bond donors (Lipinski definition) is 2. The lowest BCUT2D eigenvalue weighted by Gasteiger charge is -2.15. The highest BCUT2D eigenvalue weighted by Gasteiger charge is 2.30. The molecular weight excluding hydrogens is 326 g/mol. The van der Waals surface area contributed by atoms with E-state index in [-0.39, 0.29) is 18.4 Å². The lowest BCUT2D eigenvalue weighted by Crippen LogP contribution is -2.25. The number of nitrogens with two attached hydrogens (primary N) is 2. The highest BCUT2D eigenvalue weighted by Crippen LogP contribution is 2.27. The van der Waals surface area contributed by atoms with Gasteiger partial charge in [0.1, 0.15) is 5.92 Å². The van der Waals surface area contributed by atoms with Crippen LogP contribution in [0.5, 0.6) is 0 Å². The van der Waals surface area contributed by atoms with Crippen LogP contribution >= 0.6 is 15.9 Å². The van der Waals surface area contributed by atoms with E-state index < -0.39 is 11.9 Å². The summed E-state index contributed by atoms with van der Waals surface area (Å²) in [4.78, 5) is 12.2. The second-order valence-electron chi connectivity index (χ2n) is 4.03. The fraction of sp³-hybridized carbons (Fsp3) is 0.250. The number of rotatable bonds is 4. The number of hydrogen-bond acceptors (Lipinski definition) is 6. The number of nitrogens with zero attached hydrogens (tertiary/aromatic N) is 3. The molecule has 0 aliphatic rings. The molecule has 106 valence electrons. The minimum Gasteiger partial charge on any atom is -0.465 e. The number of carbonyl (C=O) groups is 1. The molecule has 0 fully saturated rings. The first-order valence-corrected chi connectivity index (χ1v) is 6.71. The average molecular weight is 340 g/mol. The first-order valence-electron chi connectivity index (χ1n) is 5.92. The van der Waals surface area contributed by atoms with Crippen LogP contribution < -0.4 is 11.6 Å². The van der Waals surface area contributed by atoms with Crippen molar-refractivity contribution in [1.82, 2.24) is 14.9 Å². The van der Waals surface area contributed by atoms with Gasteiger partial charge in [-0.05, 0) is 24.6 Å². The maximum absolute atomic E-state index is 12.2. The lowest BCUT2D eigenvalue weighted by atomic mass is 9.98. The quantitative estimate of drug-likeness (QED) is 0.636. The second-order valence-corrected chi connectivity index (χ2v) is 4.94. The number of carbonyl (C=O) groups excluding carboxylic acids is 1. The van der Waals surface area contributed by atoms with Crippen LogP contribution in [0.1, 0.15) is 24.2 Å². The van der Waals surface area contributed by atoms with E-state index in [9.17, 15) is 4.79 Å². The van der Waals surface area contributed by atoms with Crippen LogP contribution in [-0.2, 0) is 9.53 Å². The van der Waals surface area contributed by atoms with Crippen molar-refractivity contribution in [3.8, 4) is 0 Å². The van der Waals surface area contributed by atoms with Crippen molar-refractivity contribution in [2.45, 2.75) is 12.8 Å². The maximum atomic E-state index is 12.2. The molecule has 0 spiro atoms. The molecule has 0 aliphatic heterocycles. The summed E-state index contributed by atoms with van der Waals surface area (Å²) in [5.41, 5.74) is 6.26. The molecular formula is C12H14BrN5O2. The number of esters is 1. The van der Waals surface area contributed by atoms with Crippen LogP contribution in [0, 0.1) is 0 Å². The van der Waals surface area contributed by atoms with Gasteiger partial charge in [-0.3, -0.25) is 4.79 Å². The predicted octanol–water partition coefficient (Wildman–Crippen LogP) is 1.03. The van der Waals surface area contributed by atoms with Crippen molar-refractivity contribution in [3.63, 3.8) is 0 Å². The number of halogens is 1. The Labute approximate surface area is 124 Å². The number of nitrogen functional groups attached to an aromatic ring is 2. The molecule has 0 saturated carbocycles. The van der Waals surface area contributed by atoms with Crippen molar-refractivity contribution in [1.29, 1.82) is 0 Å². The summed E-state index contributed by atoms with van der Waals surface area (Å²) < 4.78 is 7.00. The summed E-state index contributed by atoms with van der Waals surface area (Å²) in [7, 11) is 0. The van der Waals surface area contributed by atoms with E-state index in [1.54, 1.807) is 19.1 Å². The van der Waals surface area contributed by atoms with E-state index >= 15 is 0 Å². The third-order valence-electron chi connectivity index (χ3n) is 2.71. The van der Waals surface area contributed by atoms with Crippen molar-refractivity contribution in [2.24, 2.45) is 0 Å². The number of benzene rings is 1. The highest BCUT2D eigenvalue weighted by atomic mass is 79.9. The predicted molar refractivity (Wildman–Crippen MR) is 77.2 cm³/mol. The number of ether oxygens (including phenoxy) is 1. The van der Waals surface area contributed by atoms with Crippen molar-refractivity contribution >= 4 is 27.8 Å². The SMILES string of the molecule is CCOC(=O)C(c1cccc(Br)c1)c1nnc(N)n1N. The van der Waals surface area contributed by atoms with E-state index in [2.05, 4.69) is 26.1 Å².